The van der Waals surface area contributed by atoms with Crippen molar-refractivity contribution in [3.63, 3.8) is 0 Å². The maximum Gasteiger partial charge on any atom is 0.338 e. The first-order valence-electron chi connectivity index (χ1n) is 4.49. The molecule has 2 heterocycles. The van der Waals surface area contributed by atoms with E-state index in [1.54, 1.807) is 23.5 Å². The highest BCUT2D eigenvalue weighted by Crippen LogP contribution is 2.24. The van der Waals surface area contributed by atoms with Crippen molar-refractivity contribution in [1.82, 2.24) is 5.16 Å². The van der Waals surface area contributed by atoms with Gasteiger partial charge in [-0.15, -0.1) is 0 Å². The average Bonchev–Trinajstić information content (AvgIpc) is 2.83. The Labute approximate surface area is 95.2 Å². The second-order valence-electron chi connectivity index (χ2n) is 3.12. The third kappa shape index (κ3) is 2.01. The fourth-order valence-corrected chi connectivity index (χ4v) is 1.89. The lowest BCUT2D eigenvalue weighted by Gasteiger charge is -1.87. The van der Waals surface area contributed by atoms with Gasteiger partial charge in [0.05, 0.1) is 4.92 Å². The topological polar surface area (TPSA) is 69.2 Å². The number of nitro groups is 1. The smallest absolute Gasteiger partial charge is 0.338 e. The molecule has 0 amide bonds. The van der Waals surface area contributed by atoms with E-state index in [4.69, 9.17) is 4.52 Å². The Balaban J connectivity index is 2.32. The summed E-state index contributed by atoms with van der Waals surface area (Å²) in [7, 11) is 0. The van der Waals surface area contributed by atoms with E-state index >= 15 is 0 Å². The van der Waals surface area contributed by atoms with Gasteiger partial charge in [-0.25, -0.2) is 0 Å². The first-order valence-corrected chi connectivity index (χ1v) is 5.43. The Morgan fingerprint density at radius 3 is 3.00 bits per heavy atom. The minimum Gasteiger partial charge on any atom is -0.354 e. The Kier molecular flexibility index (Phi) is 2.82. The predicted molar refractivity (Wildman–Crippen MR) is 61.1 cm³/mol. The van der Waals surface area contributed by atoms with Crippen LogP contribution < -0.4 is 0 Å². The monoisotopic (exact) mass is 236 g/mol. The zero-order chi connectivity index (χ0) is 11.5. The lowest BCUT2D eigenvalue weighted by molar-refractivity contribution is -0.386. The van der Waals surface area contributed by atoms with E-state index in [0.29, 0.717) is 0 Å². The normalized spacial score (nSPS) is 11.1. The van der Waals surface area contributed by atoms with Crippen molar-refractivity contribution in [1.29, 1.82) is 0 Å². The van der Waals surface area contributed by atoms with Gasteiger partial charge in [0.25, 0.3) is 0 Å². The molecule has 2 aromatic rings. The van der Waals surface area contributed by atoms with E-state index in [-0.39, 0.29) is 17.1 Å². The van der Waals surface area contributed by atoms with Crippen molar-refractivity contribution in [2.75, 3.05) is 0 Å². The van der Waals surface area contributed by atoms with Crippen molar-refractivity contribution in [2.24, 2.45) is 0 Å². The van der Waals surface area contributed by atoms with Crippen molar-refractivity contribution >= 4 is 29.2 Å². The second kappa shape index (κ2) is 4.28. The number of rotatable bonds is 3. The van der Waals surface area contributed by atoms with Crippen molar-refractivity contribution < 1.29 is 9.45 Å². The molecule has 0 aliphatic carbocycles. The van der Waals surface area contributed by atoms with Crippen LogP contribution in [0.15, 0.2) is 21.3 Å². The predicted octanol–water partition coefficient (Wildman–Crippen LogP) is 3.12. The van der Waals surface area contributed by atoms with Gasteiger partial charge in [-0.3, -0.25) is 10.1 Å². The summed E-state index contributed by atoms with van der Waals surface area (Å²) in [6, 6.07) is 1.92. The molecule has 0 saturated carbocycles. The summed E-state index contributed by atoms with van der Waals surface area (Å²) in [5.41, 5.74) is 1.15. The van der Waals surface area contributed by atoms with Gasteiger partial charge in [0.15, 0.2) is 5.69 Å². The van der Waals surface area contributed by atoms with Crippen LogP contribution in [0, 0.1) is 17.0 Å². The Hall–Kier alpha value is -1.95. The van der Waals surface area contributed by atoms with Crippen molar-refractivity contribution in [3.8, 4) is 0 Å². The van der Waals surface area contributed by atoms with Crippen LogP contribution in [0.4, 0.5) is 5.69 Å². The van der Waals surface area contributed by atoms with Gasteiger partial charge in [-0.05, 0) is 28.5 Å². The molecule has 0 aliphatic heterocycles. The molecule has 0 unspecified atom stereocenters. The first kappa shape index (κ1) is 10.6. The van der Waals surface area contributed by atoms with Crippen molar-refractivity contribution in [2.45, 2.75) is 6.92 Å². The lowest BCUT2D eigenvalue weighted by atomic mass is 10.2. The maximum atomic E-state index is 10.7. The van der Waals surface area contributed by atoms with E-state index in [1.807, 2.05) is 16.8 Å². The molecule has 0 N–H and O–H groups in total. The number of nitrogens with zero attached hydrogens (tertiary/aromatic N) is 2. The van der Waals surface area contributed by atoms with Gasteiger partial charge < -0.3 is 4.52 Å². The minimum atomic E-state index is -0.487. The third-order valence-electron chi connectivity index (χ3n) is 2.02. The summed E-state index contributed by atoms with van der Waals surface area (Å²) >= 11 is 1.56. The van der Waals surface area contributed by atoms with Crippen LogP contribution in [0.5, 0.6) is 0 Å². The van der Waals surface area contributed by atoms with E-state index in [1.165, 1.54) is 6.92 Å². The number of aryl methyl sites for hydroxylation is 1. The van der Waals surface area contributed by atoms with E-state index in [0.717, 1.165) is 5.56 Å². The number of aromatic nitrogens is 1. The molecule has 82 valence electrons. The molecule has 0 atom stereocenters. The van der Waals surface area contributed by atoms with Gasteiger partial charge in [0.2, 0.25) is 5.76 Å². The fraction of sp³-hybridized carbons (Fsp3) is 0.100. The molecule has 16 heavy (non-hydrogen) atoms. The minimum absolute atomic E-state index is 0.0773. The summed E-state index contributed by atoms with van der Waals surface area (Å²) in [6.07, 6.45) is 3.34. The van der Waals surface area contributed by atoms with Crippen LogP contribution in [-0.4, -0.2) is 10.1 Å². The summed E-state index contributed by atoms with van der Waals surface area (Å²) in [4.78, 5) is 10.3. The second-order valence-corrected chi connectivity index (χ2v) is 3.90. The van der Waals surface area contributed by atoms with Gasteiger partial charge >= 0.3 is 5.69 Å². The molecule has 0 spiro atoms. The van der Waals surface area contributed by atoms with Gasteiger partial charge in [0.1, 0.15) is 0 Å². The molecule has 0 saturated heterocycles. The summed E-state index contributed by atoms with van der Waals surface area (Å²) in [5, 5.41) is 18.2. The van der Waals surface area contributed by atoms with E-state index < -0.39 is 4.92 Å². The molecule has 0 bridgehead atoms. The number of thiophene rings is 1. The maximum absolute atomic E-state index is 10.7. The molecule has 0 aliphatic rings. The Morgan fingerprint density at radius 2 is 2.38 bits per heavy atom. The van der Waals surface area contributed by atoms with Crippen LogP contribution >= 0.6 is 11.3 Å². The SMILES string of the molecule is Cc1onc(C=Cc2ccsc2)c1[N+](=O)[O-]. The van der Waals surface area contributed by atoms with Gasteiger partial charge in [-0.1, -0.05) is 11.2 Å². The highest BCUT2D eigenvalue weighted by Gasteiger charge is 2.21. The third-order valence-corrected chi connectivity index (χ3v) is 2.72. The highest BCUT2D eigenvalue weighted by molar-refractivity contribution is 7.08. The van der Waals surface area contributed by atoms with Crippen LogP contribution in [-0.2, 0) is 0 Å². The first-order chi connectivity index (χ1) is 7.68. The quantitative estimate of drug-likeness (QED) is 0.606. The molecular weight excluding hydrogens is 228 g/mol. The highest BCUT2D eigenvalue weighted by atomic mass is 32.1. The molecular formula is C10H8N2O3S. The summed E-state index contributed by atoms with van der Waals surface area (Å²) in [5.74, 6) is 0.218. The zero-order valence-corrected chi connectivity index (χ0v) is 9.23. The molecule has 2 rings (SSSR count). The van der Waals surface area contributed by atoms with Gasteiger partial charge in [-0.2, -0.15) is 11.3 Å². The molecule has 6 heteroatoms. The fourth-order valence-electron chi connectivity index (χ4n) is 1.26. The van der Waals surface area contributed by atoms with Crippen molar-refractivity contribution in [3.05, 3.63) is 44.0 Å². The summed E-state index contributed by atoms with van der Waals surface area (Å²) < 4.78 is 4.79. The molecule has 0 fully saturated rings. The van der Waals surface area contributed by atoms with Crippen LogP contribution in [0.25, 0.3) is 12.2 Å². The largest absolute Gasteiger partial charge is 0.354 e. The Bertz CT molecular complexity index is 528. The van der Waals surface area contributed by atoms with E-state index in [9.17, 15) is 10.1 Å². The van der Waals surface area contributed by atoms with Crippen LogP contribution in [0.2, 0.25) is 0 Å². The van der Waals surface area contributed by atoms with Crippen LogP contribution in [0.1, 0.15) is 17.0 Å². The Morgan fingerprint density at radius 1 is 1.56 bits per heavy atom. The van der Waals surface area contributed by atoms with E-state index in [2.05, 4.69) is 5.16 Å². The lowest BCUT2D eigenvalue weighted by Crippen LogP contribution is -1.90. The van der Waals surface area contributed by atoms with Crippen LogP contribution in [0.3, 0.4) is 0 Å². The zero-order valence-electron chi connectivity index (χ0n) is 8.41. The standard InChI is InChI=1S/C10H8N2O3S/c1-7-10(12(13)14)9(11-15-7)3-2-8-4-5-16-6-8/h2-6H,1H3. The number of hydrogen-bond acceptors (Lipinski definition) is 5. The average molecular weight is 236 g/mol. The molecule has 0 aromatic carbocycles. The summed E-state index contributed by atoms with van der Waals surface area (Å²) in [6.45, 7) is 1.52. The van der Waals surface area contributed by atoms with Gasteiger partial charge in [0, 0.05) is 6.92 Å². The molecule has 0 radical (unpaired) electrons. The number of hydrogen-bond donors (Lipinski definition) is 0. The molecule has 2 aromatic heterocycles. The molecule has 5 nitrogen and oxygen atoms in total.